The van der Waals surface area contributed by atoms with Crippen LogP contribution < -0.4 is 0 Å². The third kappa shape index (κ3) is 2.71. The zero-order valence-corrected chi connectivity index (χ0v) is 13.3. The minimum Gasteiger partial charge on any atom is -0.376 e. The highest BCUT2D eigenvalue weighted by atomic mass is 32.2. The van der Waals surface area contributed by atoms with Gasteiger partial charge in [-0.2, -0.15) is 9.38 Å². The molecular weight excluding hydrogens is 334 g/mol. The normalized spacial score (nSPS) is 17.6. The van der Waals surface area contributed by atoms with Gasteiger partial charge in [0.15, 0.2) is 0 Å². The first-order valence-corrected chi connectivity index (χ1v) is 8.21. The van der Waals surface area contributed by atoms with Crippen LogP contribution in [0.1, 0.15) is 12.8 Å². The molecule has 0 spiro atoms. The van der Waals surface area contributed by atoms with Crippen molar-refractivity contribution in [2.75, 3.05) is 6.61 Å². The smallest absolute Gasteiger partial charge is 0.362 e. The van der Waals surface area contributed by atoms with Gasteiger partial charge in [0.2, 0.25) is 15.8 Å². The number of fused-ring (bicyclic) bond motifs is 1. The van der Waals surface area contributed by atoms with Crippen LogP contribution in [0.4, 0.5) is 5.82 Å². The molecule has 10 nitrogen and oxygen atoms in total. The minimum absolute atomic E-state index is 0.0731. The summed E-state index contributed by atoms with van der Waals surface area (Å²) in [5.41, 5.74) is 0.504. The van der Waals surface area contributed by atoms with Crippen molar-refractivity contribution in [2.45, 2.75) is 35.7 Å². The Balaban J connectivity index is 1.66. The number of aromatic nitrogens is 6. The minimum atomic E-state index is -0.448. The molecule has 0 amide bonds. The van der Waals surface area contributed by atoms with Crippen molar-refractivity contribution in [1.82, 2.24) is 29.6 Å². The van der Waals surface area contributed by atoms with E-state index >= 15 is 0 Å². The molecule has 0 bridgehead atoms. The lowest BCUT2D eigenvalue weighted by Crippen LogP contribution is -2.16. The molecule has 24 heavy (non-hydrogen) atoms. The number of nitrogens with zero attached hydrogens (tertiary/aromatic N) is 7. The fourth-order valence-corrected chi connectivity index (χ4v) is 3.52. The van der Waals surface area contributed by atoms with E-state index in [1.165, 1.54) is 4.40 Å². The average molecular weight is 347 g/mol. The van der Waals surface area contributed by atoms with Crippen LogP contribution in [-0.2, 0) is 11.3 Å². The predicted molar refractivity (Wildman–Crippen MR) is 82.8 cm³/mol. The van der Waals surface area contributed by atoms with Gasteiger partial charge in [0, 0.05) is 12.7 Å². The summed E-state index contributed by atoms with van der Waals surface area (Å²) < 4.78 is 8.63. The van der Waals surface area contributed by atoms with E-state index in [-0.39, 0.29) is 16.9 Å². The number of rotatable bonds is 5. The monoisotopic (exact) mass is 347 g/mol. The van der Waals surface area contributed by atoms with Gasteiger partial charge in [0.05, 0.1) is 18.8 Å². The van der Waals surface area contributed by atoms with E-state index < -0.39 is 4.92 Å². The lowest BCUT2D eigenvalue weighted by atomic mass is 10.2. The molecule has 4 rings (SSSR count). The molecule has 1 atom stereocenters. The molecule has 3 aromatic heterocycles. The summed E-state index contributed by atoms with van der Waals surface area (Å²) in [6, 6.07) is 5.21. The van der Waals surface area contributed by atoms with Gasteiger partial charge in [-0.25, -0.2) is 4.68 Å². The van der Waals surface area contributed by atoms with Crippen molar-refractivity contribution in [3.8, 4) is 0 Å². The zero-order valence-electron chi connectivity index (χ0n) is 12.5. The Morgan fingerprint density at radius 3 is 3.17 bits per heavy atom. The molecule has 1 saturated heterocycles. The summed E-state index contributed by atoms with van der Waals surface area (Å²) in [5.74, 6) is -0.0951. The summed E-state index contributed by atoms with van der Waals surface area (Å²) in [5, 5.41) is 23.7. The van der Waals surface area contributed by atoms with Crippen LogP contribution in [0, 0.1) is 10.1 Å². The highest BCUT2D eigenvalue weighted by molar-refractivity contribution is 7.99. The Labute approximate surface area is 140 Å². The highest BCUT2D eigenvalue weighted by Gasteiger charge is 2.26. The molecule has 11 heteroatoms. The van der Waals surface area contributed by atoms with E-state index in [1.807, 2.05) is 0 Å². The topological polar surface area (TPSA) is 113 Å². The first kappa shape index (κ1) is 15.0. The summed E-state index contributed by atoms with van der Waals surface area (Å²) in [4.78, 5) is 15.3. The number of imidazole rings is 1. The number of pyridine rings is 1. The SMILES string of the molecule is O=[N+]([O-])c1c(Sc2nnnn2C[C@@H]2CCCO2)nc2ccccn12. The van der Waals surface area contributed by atoms with Crippen LogP contribution >= 0.6 is 11.8 Å². The van der Waals surface area contributed by atoms with E-state index in [9.17, 15) is 10.1 Å². The maximum absolute atomic E-state index is 11.4. The van der Waals surface area contributed by atoms with E-state index in [4.69, 9.17) is 4.74 Å². The molecule has 3 aromatic rings. The van der Waals surface area contributed by atoms with Crippen LogP contribution in [0.25, 0.3) is 5.65 Å². The molecule has 0 saturated carbocycles. The molecule has 0 aromatic carbocycles. The molecule has 124 valence electrons. The third-order valence-corrected chi connectivity index (χ3v) is 4.68. The largest absolute Gasteiger partial charge is 0.376 e. The van der Waals surface area contributed by atoms with Crippen molar-refractivity contribution in [2.24, 2.45) is 0 Å². The number of nitro groups is 1. The Bertz CT molecular complexity index is 887. The predicted octanol–water partition coefficient (Wildman–Crippen LogP) is 1.56. The summed E-state index contributed by atoms with van der Waals surface area (Å²) in [6.45, 7) is 1.27. The first-order valence-electron chi connectivity index (χ1n) is 7.39. The van der Waals surface area contributed by atoms with E-state index in [0.29, 0.717) is 17.3 Å². The lowest BCUT2D eigenvalue weighted by molar-refractivity contribution is -0.393. The quantitative estimate of drug-likeness (QED) is 0.505. The Kier molecular flexibility index (Phi) is 3.86. The second kappa shape index (κ2) is 6.17. The van der Waals surface area contributed by atoms with Gasteiger partial charge in [-0.15, -0.1) is 5.10 Å². The van der Waals surface area contributed by atoms with Gasteiger partial charge in [0.1, 0.15) is 0 Å². The van der Waals surface area contributed by atoms with Crippen LogP contribution in [0.5, 0.6) is 0 Å². The van der Waals surface area contributed by atoms with Crippen molar-refractivity contribution in [1.29, 1.82) is 0 Å². The number of ether oxygens (including phenoxy) is 1. The van der Waals surface area contributed by atoms with Crippen LogP contribution in [-0.4, -0.2) is 47.2 Å². The maximum Gasteiger partial charge on any atom is 0.362 e. The second-order valence-corrected chi connectivity index (χ2v) is 6.26. The summed E-state index contributed by atoms with van der Waals surface area (Å²) in [6.07, 6.45) is 3.66. The van der Waals surface area contributed by atoms with Gasteiger partial charge < -0.3 is 14.9 Å². The number of hydrogen-bond donors (Lipinski definition) is 0. The van der Waals surface area contributed by atoms with Crippen molar-refractivity contribution >= 4 is 23.2 Å². The third-order valence-electron chi connectivity index (χ3n) is 3.73. The lowest BCUT2D eigenvalue weighted by Gasteiger charge is -2.09. The summed E-state index contributed by atoms with van der Waals surface area (Å²) in [7, 11) is 0. The Hall–Kier alpha value is -2.53. The standard InChI is InChI=1S/C13H13N7O3S/c21-20(22)12-11(14-10-5-1-2-6-18(10)12)24-13-15-16-17-19(13)8-9-4-3-7-23-9/h1-2,5-6,9H,3-4,7-8H2/t9-/m0/s1. The molecule has 0 aliphatic carbocycles. The molecular formula is C13H13N7O3S. The molecule has 1 aliphatic heterocycles. The van der Waals surface area contributed by atoms with Gasteiger partial charge in [-0.3, -0.25) is 0 Å². The Morgan fingerprint density at radius 1 is 1.46 bits per heavy atom. The molecule has 1 aliphatic rings. The number of hydrogen-bond acceptors (Lipinski definition) is 8. The molecule has 0 N–H and O–H groups in total. The van der Waals surface area contributed by atoms with Crippen LogP contribution in [0.15, 0.2) is 34.6 Å². The summed E-state index contributed by atoms with van der Waals surface area (Å²) >= 11 is 1.08. The first-order chi connectivity index (χ1) is 11.7. The van der Waals surface area contributed by atoms with Crippen molar-refractivity contribution < 1.29 is 9.66 Å². The second-order valence-electron chi connectivity index (χ2n) is 5.31. The molecule has 4 heterocycles. The van der Waals surface area contributed by atoms with Crippen LogP contribution in [0.2, 0.25) is 0 Å². The number of tetrazole rings is 1. The van der Waals surface area contributed by atoms with Crippen molar-refractivity contribution in [3.05, 3.63) is 34.5 Å². The fraction of sp³-hybridized carbons (Fsp3) is 0.385. The van der Waals surface area contributed by atoms with E-state index in [2.05, 4.69) is 20.5 Å². The van der Waals surface area contributed by atoms with Gasteiger partial charge >= 0.3 is 5.82 Å². The van der Waals surface area contributed by atoms with Gasteiger partial charge in [-0.05, 0) is 46.0 Å². The van der Waals surface area contributed by atoms with Gasteiger partial charge in [-0.1, -0.05) is 6.07 Å². The fourth-order valence-electron chi connectivity index (χ4n) is 2.65. The van der Waals surface area contributed by atoms with Crippen LogP contribution in [0.3, 0.4) is 0 Å². The molecule has 1 fully saturated rings. The van der Waals surface area contributed by atoms with Gasteiger partial charge in [0.25, 0.3) is 0 Å². The molecule has 0 unspecified atom stereocenters. The van der Waals surface area contributed by atoms with E-state index in [1.54, 1.807) is 29.1 Å². The molecule has 0 radical (unpaired) electrons. The average Bonchev–Trinajstić information content (AvgIpc) is 3.28. The highest BCUT2D eigenvalue weighted by Crippen LogP contribution is 2.33. The Morgan fingerprint density at radius 2 is 2.38 bits per heavy atom. The van der Waals surface area contributed by atoms with E-state index in [0.717, 1.165) is 31.2 Å². The maximum atomic E-state index is 11.4. The zero-order chi connectivity index (χ0) is 16.5. The van der Waals surface area contributed by atoms with Crippen molar-refractivity contribution in [3.63, 3.8) is 0 Å².